The van der Waals surface area contributed by atoms with E-state index in [2.05, 4.69) is 21.2 Å². The van der Waals surface area contributed by atoms with Gasteiger partial charge in [0, 0.05) is 12.1 Å². The lowest BCUT2D eigenvalue weighted by molar-refractivity contribution is 0.0950. The van der Waals surface area contributed by atoms with Gasteiger partial charge < -0.3 is 15.2 Å². The topological polar surface area (TPSA) is 58.6 Å². The third kappa shape index (κ3) is 3.57. The first-order valence-corrected chi connectivity index (χ1v) is 7.31. The van der Waals surface area contributed by atoms with Crippen LogP contribution in [0.25, 0.3) is 0 Å². The van der Waals surface area contributed by atoms with Crippen LogP contribution in [0, 0.1) is 12.7 Å². The standard InChI is InChI=1S/C16H15BrFNO3/c1-9-3-4-10(5-13(9)18)8-19-16(21)11-6-12(17)15(20)14(7-11)22-2/h3-7,20H,8H2,1-2H3,(H,19,21). The van der Waals surface area contributed by atoms with E-state index in [0.717, 1.165) is 0 Å². The van der Waals surface area contributed by atoms with Crippen molar-refractivity contribution in [3.63, 3.8) is 0 Å². The highest BCUT2D eigenvalue weighted by Crippen LogP contribution is 2.35. The maximum absolute atomic E-state index is 13.5. The Bertz CT molecular complexity index is 719. The normalized spacial score (nSPS) is 10.4. The van der Waals surface area contributed by atoms with Gasteiger partial charge in [-0.25, -0.2) is 4.39 Å². The van der Waals surface area contributed by atoms with E-state index in [1.807, 2.05) is 0 Å². The lowest BCUT2D eigenvalue weighted by Crippen LogP contribution is -2.23. The molecule has 0 aliphatic rings. The summed E-state index contributed by atoms with van der Waals surface area (Å²) in [6, 6.07) is 7.74. The van der Waals surface area contributed by atoms with Crippen molar-refractivity contribution in [3.05, 3.63) is 57.3 Å². The minimum absolute atomic E-state index is 0.0698. The van der Waals surface area contributed by atoms with Gasteiger partial charge in [-0.2, -0.15) is 0 Å². The van der Waals surface area contributed by atoms with Crippen LogP contribution in [-0.4, -0.2) is 18.1 Å². The molecule has 4 nitrogen and oxygen atoms in total. The predicted molar refractivity (Wildman–Crippen MR) is 84.7 cm³/mol. The molecule has 0 fully saturated rings. The van der Waals surface area contributed by atoms with Crippen LogP contribution in [0.1, 0.15) is 21.5 Å². The summed E-state index contributed by atoms with van der Waals surface area (Å²) in [7, 11) is 1.40. The molecule has 0 heterocycles. The third-order valence-corrected chi connectivity index (χ3v) is 3.80. The summed E-state index contributed by atoms with van der Waals surface area (Å²) in [5.74, 6) is -0.527. The second-order valence-corrected chi connectivity index (χ2v) is 5.63. The molecule has 0 aliphatic carbocycles. The quantitative estimate of drug-likeness (QED) is 0.868. The maximum Gasteiger partial charge on any atom is 0.251 e. The first-order valence-electron chi connectivity index (χ1n) is 6.52. The third-order valence-electron chi connectivity index (χ3n) is 3.20. The first-order chi connectivity index (χ1) is 10.4. The fraction of sp³-hybridized carbons (Fsp3) is 0.188. The summed E-state index contributed by atoms with van der Waals surface area (Å²) in [5, 5.41) is 12.4. The van der Waals surface area contributed by atoms with E-state index in [9.17, 15) is 14.3 Å². The monoisotopic (exact) mass is 367 g/mol. The number of benzene rings is 2. The van der Waals surface area contributed by atoms with Crippen molar-refractivity contribution < 1.29 is 19.0 Å². The van der Waals surface area contributed by atoms with Gasteiger partial charge in [0.05, 0.1) is 11.6 Å². The number of rotatable bonds is 4. The average molecular weight is 368 g/mol. The van der Waals surface area contributed by atoms with Crippen LogP contribution in [0.3, 0.4) is 0 Å². The first kappa shape index (κ1) is 16.3. The highest BCUT2D eigenvalue weighted by Gasteiger charge is 2.13. The van der Waals surface area contributed by atoms with E-state index < -0.39 is 0 Å². The molecule has 6 heteroatoms. The van der Waals surface area contributed by atoms with Gasteiger partial charge >= 0.3 is 0 Å². The zero-order chi connectivity index (χ0) is 16.3. The fourth-order valence-corrected chi connectivity index (χ4v) is 2.33. The van der Waals surface area contributed by atoms with E-state index in [0.29, 0.717) is 21.2 Å². The Hall–Kier alpha value is -2.08. The van der Waals surface area contributed by atoms with Gasteiger partial charge in [0.25, 0.3) is 5.91 Å². The number of halogens is 2. The van der Waals surface area contributed by atoms with Crippen LogP contribution >= 0.6 is 15.9 Å². The number of hydrogen-bond donors (Lipinski definition) is 2. The van der Waals surface area contributed by atoms with Crippen molar-refractivity contribution in [2.24, 2.45) is 0 Å². The van der Waals surface area contributed by atoms with Gasteiger partial charge in [-0.15, -0.1) is 0 Å². The summed E-state index contributed by atoms with van der Waals surface area (Å²) in [6.45, 7) is 1.88. The van der Waals surface area contributed by atoms with Crippen LogP contribution in [0.2, 0.25) is 0 Å². The number of phenols is 1. The van der Waals surface area contributed by atoms with E-state index >= 15 is 0 Å². The van der Waals surface area contributed by atoms with Gasteiger partial charge in [-0.3, -0.25) is 4.79 Å². The SMILES string of the molecule is COc1cc(C(=O)NCc2ccc(C)c(F)c2)cc(Br)c1O. The lowest BCUT2D eigenvalue weighted by atomic mass is 10.1. The molecule has 2 aromatic carbocycles. The lowest BCUT2D eigenvalue weighted by Gasteiger charge is -2.10. The molecular weight excluding hydrogens is 353 g/mol. The molecule has 2 N–H and O–H groups in total. The number of carbonyl (C=O) groups excluding carboxylic acids is 1. The molecule has 2 aromatic rings. The molecule has 2 rings (SSSR count). The van der Waals surface area contributed by atoms with Crippen molar-refractivity contribution in [2.45, 2.75) is 13.5 Å². The average Bonchev–Trinajstić information content (AvgIpc) is 2.50. The zero-order valence-electron chi connectivity index (χ0n) is 12.1. The summed E-state index contributed by atoms with van der Waals surface area (Å²) in [5.41, 5.74) is 1.55. The van der Waals surface area contributed by atoms with E-state index in [1.165, 1.54) is 25.3 Å². The molecule has 0 aromatic heterocycles. The number of amides is 1. The Labute approximate surface area is 136 Å². The number of aryl methyl sites for hydroxylation is 1. The molecule has 0 atom stereocenters. The Balaban J connectivity index is 2.12. The van der Waals surface area contributed by atoms with Crippen molar-refractivity contribution >= 4 is 21.8 Å². The molecule has 0 saturated heterocycles. The van der Waals surface area contributed by atoms with Crippen molar-refractivity contribution in [2.75, 3.05) is 7.11 Å². The second-order valence-electron chi connectivity index (χ2n) is 4.78. The molecular formula is C16H15BrFNO3. The zero-order valence-corrected chi connectivity index (χ0v) is 13.7. The molecule has 116 valence electrons. The number of phenolic OH excluding ortho intramolecular Hbond substituents is 1. The van der Waals surface area contributed by atoms with Crippen molar-refractivity contribution in [3.8, 4) is 11.5 Å². The molecule has 1 amide bonds. The van der Waals surface area contributed by atoms with Crippen LogP contribution in [0.4, 0.5) is 4.39 Å². The number of methoxy groups -OCH3 is 1. The highest BCUT2D eigenvalue weighted by molar-refractivity contribution is 9.10. The molecule has 0 saturated carbocycles. The number of carbonyl (C=O) groups is 1. The smallest absolute Gasteiger partial charge is 0.251 e. The van der Waals surface area contributed by atoms with Crippen LogP contribution < -0.4 is 10.1 Å². The summed E-state index contributed by atoms with van der Waals surface area (Å²) in [6.07, 6.45) is 0. The second kappa shape index (κ2) is 6.79. The summed E-state index contributed by atoms with van der Waals surface area (Å²) < 4.78 is 18.8. The summed E-state index contributed by atoms with van der Waals surface area (Å²) >= 11 is 3.16. The number of aromatic hydroxyl groups is 1. The molecule has 0 radical (unpaired) electrons. The Morgan fingerprint density at radius 3 is 2.73 bits per heavy atom. The van der Waals surface area contributed by atoms with E-state index in [4.69, 9.17) is 4.74 Å². The maximum atomic E-state index is 13.5. The molecule has 0 aliphatic heterocycles. The fourth-order valence-electron chi connectivity index (χ4n) is 1.89. The van der Waals surface area contributed by atoms with E-state index in [-0.39, 0.29) is 29.8 Å². The van der Waals surface area contributed by atoms with Gasteiger partial charge in [-0.1, -0.05) is 12.1 Å². The van der Waals surface area contributed by atoms with E-state index in [1.54, 1.807) is 19.1 Å². The Morgan fingerprint density at radius 2 is 2.09 bits per heavy atom. The van der Waals surface area contributed by atoms with Gasteiger partial charge in [0.15, 0.2) is 11.5 Å². The molecule has 0 bridgehead atoms. The number of hydrogen-bond acceptors (Lipinski definition) is 3. The van der Waals surface area contributed by atoms with Gasteiger partial charge in [-0.05, 0) is 52.2 Å². The highest BCUT2D eigenvalue weighted by atomic mass is 79.9. The van der Waals surface area contributed by atoms with Crippen LogP contribution in [-0.2, 0) is 6.54 Å². The minimum Gasteiger partial charge on any atom is -0.503 e. The van der Waals surface area contributed by atoms with Crippen LogP contribution in [0.15, 0.2) is 34.8 Å². The molecule has 22 heavy (non-hydrogen) atoms. The number of nitrogens with one attached hydrogen (secondary N) is 1. The minimum atomic E-state index is -0.347. The van der Waals surface area contributed by atoms with Gasteiger partial charge in [0.1, 0.15) is 5.82 Å². The Morgan fingerprint density at radius 1 is 1.36 bits per heavy atom. The predicted octanol–water partition coefficient (Wildman–Crippen LogP) is 3.54. The Kier molecular flexibility index (Phi) is 5.03. The van der Waals surface area contributed by atoms with Gasteiger partial charge in [0.2, 0.25) is 0 Å². The largest absolute Gasteiger partial charge is 0.503 e. The number of ether oxygens (including phenoxy) is 1. The van der Waals surface area contributed by atoms with Crippen molar-refractivity contribution in [1.82, 2.24) is 5.32 Å². The molecule has 0 unspecified atom stereocenters. The molecule has 0 spiro atoms. The van der Waals surface area contributed by atoms with Crippen LogP contribution in [0.5, 0.6) is 11.5 Å². The van der Waals surface area contributed by atoms with Crippen molar-refractivity contribution in [1.29, 1.82) is 0 Å². The summed E-state index contributed by atoms with van der Waals surface area (Å²) in [4.78, 5) is 12.1.